The largest absolute Gasteiger partial charge is 0.455 e. The first-order valence-electron chi connectivity index (χ1n) is 11.5. The maximum absolute atomic E-state index is 6.42. The van der Waals surface area contributed by atoms with Gasteiger partial charge in [0.1, 0.15) is 16.9 Å². The summed E-state index contributed by atoms with van der Waals surface area (Å²) in [5.74, 6) is 1.00. The molecule has 4 aromatic carbocycles. The Kier molecular flexibility index (Phi) is 4.63. The summed E-state index contributed by atoms with van der Waals surface area (Å²) in [5.41, 5.74) is 9.91. The number of nitrogens with zero attached hydrogens (tertiary/aromatic N) is 3. The van der Waals surface area contributed by atoms with Crippen molar-refractivity contribution in [2.45, 2.75) is 20.8 Å². The number of para-hydroxylation sites is 1. The molecule has 0 unspecified atom stereocenters. The summed E-state index contributed by atoms with van der Waals surface area (Å²) < 4.78 is 10.6. The van der Waals surface area contributed by atoms with E-state index in [-0.39, 0.29) is 0 Å². The maximum Gasteiger partial charge on any atom is 0.277 e. The molecular weight excluding hydrogens is 418 g/mol. The number of rotatable bonds is 3. The van der Waals surface area contributed by atoms with Gasteiger partial charge < -0.3 is 4.42 Å². The number of aromatic nitrogens is 3. The highest BCUT2D eigenvalue weighted by Crippen LogP contribution is 2.38. The van der Waals surface area contributed by atoms with Crippen molar-refractivity contribution in [2.75, 3.05) is 0 Å². The van der Waals surface area contributed by atoms with Gasteiger partial charge in [0, 0.05) is 15.9 Å². The molecule has 0 saturated carbocycles. The van der Waals surface area contributed by atoms with Crippen LogP contribution < -0.4 is 4.57 Å². The molecule has 0 atom stereocenters. The van der Waals surface area contributed by atoms with Crippen LogP contribution in [0.15, 0.2) is 89.6 Å². The van der Waals surface area contributed by atoms with Crippen molar-refractivity contribution < 1.29 is 8.98 Å². The van der Waals surface area contributed by atoms with Gasteiger partial charge in [-0.2, -0.15) is 0 Å². The Morgan fingerprint density at radius 2 is 1.44 bits per heavy atom. The first-order chi connectivity index (χ1) is 16.5. The molecule has 0 aliphatic rings. The van der Waals surface area contributed by atoms with Crippen molar-refractivity contribution >= 4 is 21.9 Å². The standard InChI is InChI=1S/C30H26N3O/c1-19-14-15-25-24-12-8-9-13-26(24)34-29(25)27(19)30-32(4)18-31-33(30)28-20(2)16-23(17-21(28)3)22-10-6-5-7-11-22/h5-18H,1-4H3/q+1. The Morgan fingerprint density at radius 1 is 0.735 bits per heavy atom. The van der Waals surface area contributed by atoms with Crippen LogP contribution in [-0.4, -0.2) is 9.78 Å². The summed E-state index contributed by atoms with van der Waals surface area (Å²) in [5, 5.41) is 7.08. The second kappa shape index (κ2) is 7.70. The number of fused-ring (bicyclic) bond motifs is 3. The van der Waals surface area contributed by atoms with Crippen LogP contribution in [0.25, 0.3) is 50.1 Å². The lowest BCUT2D eigenvalue weighted by Crippen LogP contribution is -2.29. The van der Waals surface area contributed by atoms with Crippen molar-refractivity contribution in [1.29, 1.82) is 0 Å². The van der Waals surface area contributed by atoms with Gasteiger partial charge in [-0.05, 0) is 66.8 Å². The second-order valence-corrected chi connectivity index (χ2v) is 9.03. The first kappa shape index (κ1) is 20.4. The van der Waals surface area contributed by atoms with Crippen LogP contribution in [-0.2, 0) is 7.05 Å². The molecule has 2 aromatic heterocycles. The average molecular weight is 445 g/mol. The smallest absolute Gasteiger partial charge is 0.277 e. The van der Waals surface area contributed by atoms with E-state index in [1.165, 1.54) is 22.3 Å². The lowest BCUT2D eigenvalue weighted by Gasteiger charge is -2.12. The molecule has 0 N–H and O–H groups in total. The van der Waals surface area contributed by atoms with E-state index >= 15 is 0 Å². The van der Waals surface area contributed by atoms with E-state index in [2.05, 4.69) is 96.8 Å². The van der Waals surface area contributed by atoms with Crippen molar-refractivity contribution in [3.63, 3.8) is 0 Å². The summed E-state index contributed by atoms with van der Waals surface area (Å²) in [6.45, 7) is 6.46. The second-order valence-electron chi connectivity index (χ2n) is 9.03. The number of aryl methyl sites for hydroxylation is 4. The van der Waals surface area contributed by atoms with Crippen LogP contribution in [0.2, 0.25) is 0 Å². The molecule has 0 aliphatic carbocycles. The van der Waals surface area contributed by atoms with E-state index in [1.807, 2.05) is 25.5 Å². The summed E-state index contributed by atoms with van der Waals surface area (Å²) in [7, 11) is 2.04. The van der Waals surface area contributed by atoms with E-state index in [0.29, 0.717) is 0 Å². The van der Waals surface area contributed by atoms with Gasteiger partial charge in [-0.15, -0.1) is 0 Å². The average Bonchev–Trinajstić information content (AvgIpc) is 3.40. The fourth-order valence-corrected chi connectivity index (χ4v) is 5.09. The van der Waals surface area contributed by atoms with Crippen molar-refractivity contribution in [3.8, 4) is 28.2 Å². The molecule has 0 spiro atoms. The molecule has 6 rings (SSSR count). The molecule has 0 fully saturated rings. The summed E-state index contributed by atoms with van der Waals surface area (Å²) in [4.78, 5) is 0. The molecule has 0 aliphatic heterocycles. The van der Waals surface area contributed by atoms with E-state index in [9.17, 15) is 0 Å². The Balaban J connectivity index is 1.61. The van der Waals surface area contributed by atoms with Crippen LogP contribution in [0.3, 0.4) is 0 Å². The predicted molar refractivity (Wildman–Crippen MR) is 137 cm³/mol. The van der Waals surface area contributed by atoms with Crippen molar-refractivity contribution in [3.05, 3.63) is 102 Å². The third-order valence-corrected chi connectivity index (χ3v) is 6.66. The fourth-order valence-electron chi connectivity index (χ4n) is 5.09. The molecule has 4 heteroatoms. The van der Waals surface area contributed by atoms with E-state index < -0.39 is 0 Å². The quantitative estimate of drug-likeness (QED) is 0.280. The molecule has 0 amide bonds. The molecule has 0 radical (unpaired) electrons. The maximum atomic E-state index is 6.42. The molecule has 2 heterocycles. The van der Waals surface area contributed by atoms with Gasteiger partial charge in [-0.25, -0.2) is 4.57 Å². The Hall–Kier alpha value is -4.18. The van der Waals surface area contributed by atoms with Crippen LogP contribution in [0.5, 0.6) is 0 Å². The SMILES string of the molecule is Cc1cc(-c2ccccc2)cc(C)c1-n1nc[n+](C)c1-c1c(C)ccc2c1oc1ccccc12. The summed E-state index contributed by atoms with van der Waals surface area (Å²) >= 11 is 0. The van der Waals surface area contributed by atoms with Gasteiger partial charge in [-0.3, -0.25) is 0 Å². The monoisotopic (exact) mass is 444 g/mol. The van der Waals surface area contributed by atoms with E-state index in [0.717, 1.165) is 44.6 Å². The van der Waals surface area contributed by atoms with Crippen LogP contribution in [0, 0.1) is 20.8 Å². The lowest BCUT2D eigenvalue weighted by molar-refractivity contribution is -0.660. The molecule has 4 nitrogen and oxygen atoms in total. The third-order valence-electron chi connectivity index (χ3n) is 6.66. The number of furan rings is 1. The van der Waals surface area contributed by atoms with Gasteiger partial charge in [0.05, 0.1) is 12.6 Å². The fraction of sp³-hybridized carbons (Fsp3) is 0.133. The minimum atomic E-state index is 0.898. The van der Waals surface area contributed by atoms with E-state index in [1.54, 1.807) is 0 Å². The molecular formula is C30H26N3O+. The lowest BCUT2D eigenvalue weighted by atomic mass is 9.98. The zero-order valence-electron chi connectivity index (χ0n) is 19.8. The zero-order chi connectivity index (χ0) is 23.4. The highest BCUT2D eigenvalue weighted by atomic mass is 16.3. The number of hydrogen-bond donors (Lipinski definition) is 0. The van der Waals surface area contributed by atoms with Crippen molar-refractivity contribution in [1.82, 2.24) is 9.78 Å². The third kappa shape index (κ3) is 3.06. The topological polar surface area (TPSA) is 34.8 Å². The molecule has 0 saturated heterocycles. The first-order valence-corrected chi connectivity index (χ1v) is 11.5. The van der Waals surface area contributed by atoms with Gasteiger partial charge >= 0.3 is 0 Å². The van der Waals surface area contributed by atoms with Crippen LogP contribution in [0.1, 0.15) is 16.7 Å². The molecule has 0 bridgehead atoms. The van der Waals surface area contributed by atoms with Gasteiger partial charge in [-0.1, -0.05) is 65.3 Å². The molecule has 6 aromatic rings. The predicted octanol–water partition coefficient (Wildman–Crippen LogP) is 6.86. The van der Waals surface area contributed by atoms with Gasteiger partial charge in [0.2, 0.25) is 0 Å². The minimum absolute atomic E-state index is 0.898. The highest BCUT2D eigenvalue weighted by Gasteiger charge is 2.28. The minimum Gasteiger partial charge on any atom is -0.455 e. The number of hydrogen-bond acceptors (Lipinski definition) is 2. The Bertz CT molecular complexity index is 1670. The Morgan fingerprint density at radius 3 is 2.21 bits per heavy atom. The Labute approximate surface area is 198 Å². The summed E-state index contributed by atoms with van der Waals surface area (Å²) in [6.07, 6.45) is 1.88. The van der Waals surface area contributed by atoms with Crippen LogP contribution >= 0.6 is 0 Å². The van der Waals surface area contributed by atoms with Crippen molar-refractivity contribution in [2.24, 2.45) is 7.05 Å². The van der Waals surface area contributed by atoms with E-state index in [4.69, 9.17) is 9.52 Å². The van der Waals surface area contributed by atoms with Gasteiger partial charge in [0.15, 0.2) is 0 Å². The zero-order valence-corrected chi connectivity index (χ0v) is 19.8. The number of benzene rings is 4. The molecule has 34 heavy (non-hydrogen) atoms. The van der Waals surface area contributed by atoms with Gasteiger partial charge in [0.25, 0.3) is 12.2 Å². The highest BCUT2D eigenvalue weighted by molar-refractivity contribution is 6.09. The normalized spacial score (nSPS) is 11.5. The van der Waals surface area contributed by atoms with Crippen LogP contribution in [0.4, 0.5) is 0 Å². The molecule has 166 valence electrons. The summed E-state index contributed by atoms with van der Waals surface area (Å²) in [6, 6.07) is 27.6.